The number of carbonyl (C=O) groups is 4. The molecule has 0 saturated carbocycles. The van der Waals surface area contributed by atoms with E-state index in [0.717, 1.165) is 226 Å². The van der Waals surface area contributed by atoms with Gasteiger partial charge < -0.3 is 37.9 Å². The molecule has 4 aromatic heterocycles. The molecular weight excluding hydrogens is 1490 g/mol. The van der Waals surface area contributed by atoms with E-state index in [2.05, 4.69) is 121 Å². The number of allylic oxidation sites excluding steroid dienone is 1. The monoisotopic (exact) mass is 1590 g/mol. The van der Waals surface area contributed by atoms with Crippen LogP contribution in [0.15, 0.2) is 231 Å². The molecule has 5 heterocycles. The number of hydroxylamine groups is 4. The number of amides is 4. The lowest BCUT2D eigenvalue weighted by Gasteiger charge is -2.32. The second-order valence-corrected chi connectivity index (χ2v) is 29.2. The maximum Gasteiger partial charge on any atom is 0.267 e. The largest absolute Gasteiger partial charge is 0.396 e. The highest BCUT2D eigenvalue weighted by Gasteiger charge is 2.19. The van der Waals surface area contributed by atoms with Gasteiger partial charge >= 0.3 is 0 Å². The summed E-state index contributed by atoms with van der Waals surface area (Å²) < 4.78 is 14.8. The van der Waals surface area contributed by atoms with Crippen LogP contribution in [0.1, 0.15) is 114 Å². The summed E-state index contributed by atoms with van der Waals surface area (Å²) >= 11 is 0. The Morgan fingerprint density at radius 3 is 1.03 bits per heavy atom. The molecule has 1 fully saturated rings. The fourth-order valence-corrected chi connectivity index (χ4v) is 14.1. The first-order valence-electron chi connectivity index (χ1n) is 40.5. The van der Waals surface area contributed by atoms with Crippen LogP contribution in [0.3, 0.4) is 0 Å². The number of hydrogen-bond donors (Lipinski definition) is 9. The SMILES string of the molecule is C=CCn1c(CCc2ccccc2)nc2cc(/C=C/C(=O)NO)ccc21.CC(C)OCCCn1c(CCc2ccccc2)nc2cc(/C=C/C(=O)NO)ccc21.CN1CCN(CCCn2c(CCc3ccccc3)nc3cc(/C=C/C(=O)NO)ccc32)CC1.O=C(/C=C/c1ccc2c(c1)nc(CCc1ccccc1)n2CCCCCO)NO. The van der Waals surface area contributed by atoms with Crippen molar-refractivity contribution in [1.82, 2.24) is 69.9 Å². The zero-order chi connectivity index (χ0) is 83.2. The number of aliphatic hydroxyl groups excluding tert-OH is 1. The van der Waals surface area contributed by atoms with Gasteiger partial charge in [-0.25, -0.2) is 41.9 Å². The fraction of sp³-hybridized carbons (Fsp3) is 0.298. The Balaban J connectivity index is 0.000000166. The molecule has 13 rings (SSSR count). The molecular formula is C94H110N14O10. The Labute approximate surface area is 689 Å². The van der Waals surface area contributed by atoms with Gasteiger partial charge in [-0.05, 0) is 203 Å². The topological polar surface area (TPSA) is 305 Å². The molecule has 9 N–H and O–H groups in total. The lowest BCUT2D eigenvalue weighted by Crippen LogP contribution is -2.44. The van der Waals surface area contributed by atoms with Gasteiger partial charge in [0, 0.05) is 116 Å². The fourth-order valence-electron chi connectivity index (χ4n) is 14.1. The molecule has 12 aromatic rings. The third kappa shape index (κ3) is 27.5. The van der Waals surface area contributed by atoms with Gasteiger partial charge in [0.15, 0.2) is 0 Å². The van der Waals surface area contributed by atoms with E-state index in [4.69, 9.17) is 50.6 Å². The van der Waals surface area contributed by atoms with E-state index >= 15 is 0 Å². The maximum absolute atomic E-state index is 11.3. The van der Waals surface area contributed by atoms with Gasteiger partial charge in [-0.2, -0.15) is 0 Å². The van der Waals surface area contributed by atoms with Crippen LogP contribution in [0.4, 0.5) is 0 Å². The highest BCUT2D eigenvalue weighted by atomic mass is 16.5. The Bertz CT molecular complexity index is 5300. The molecule has 0 atom stereocenters. The minimum atomic E-state index is -0.567. The second kappa shape index (κ2) is 47.2. The Morgan fingerprint density at radius 1 is 0.398 bits per heavy atom. The summed E-state index contributed by atoms with van der Waals surface area (Å²) in [6.07, 6.45) is 25.8. The number of unbranched alkanes of at least 4 members (excludes halogenated alkanes) is 2. The van der Waals surface area contributed by atoms with Crippen LogP contribution < -0.4 is 21.9 Å². The van der Waals surface area contributed by atoms with Gasteiger partial charge in [0.05, 0.1) is 50.2 Å². The number of carbonyl (C=O) groups excluding carboxylic acids is 4. The number of aryl methyl sites for hydroxylation is 11. The number of imidazole rings is 4. The minimum Gasteiger partial charge on any atom is -0.396 e. The molecule has 0 aliphatic carbocycles. The third-order valence-corrected chi connectivity index (χ3v) is 20.3. The first-order chi connectivity index (χ1) is 57.6. The van der Waals surface area contributed by atoms with Crippen molar-refractivity contribution in [3.63, 3.8) is 0 Å². The number of likely N-dealkylation sites (N-methyl/N-ethyl adjacent to an activating group) is 1. The summed E-state index contributed by atoms with van der Waals surface area (Å²) in [6.45, 7) is 17.9. The zero-order valence-electron chi connectivity index (χ0n) is 67.7. The smallest absolute Gasteiger partial charge is 0.267 e. The third-order valence-electron chi connectivity index (χ3n) is 20.3. The Kier molecular flexibility index (Phi) is 35.3. The van der Waals surface area contributed by atoms with Gasteiger partial charge in [-0.15, -0.1) is 6.58 Å². The van der Waals surface area contributed by atoms with E-state index in [1.807, 2.05) is 135 Å². The molecule has 616 valence electrons. The molecule has 0 spiro atoms. The number of nitrogens with zero attached hydrogens (tertiary/aromatic N) is 10. The van der Waals surface area contributed by atoms with Crippen LogP contribution in [0.2, 0.25) is 0 Å². The van der Waals surface area contributed by atoms with Crippen LogP contribution in [-0.4, -0.2) is 157 Å². The average molecular weight is 1600 g/mol. The van der Waals surface area contributed by atoms with E-state index in [9.17, 15) is 19.2 Å². The van der Waals surface area contributed by atoms with Crippen molar-refractivity contribution >= 4 is 92.1 Å². The quantitative estimate of drug-likeness (QED) is 0.00579. The number of piperazine rings is 1. The molecule has 118 heavy (non-hydrogen) atoms. The number of nitrogens with one attached hydrogen (secondary N) is 4. The summed E-state index contributed by atoms with van der Waals surface area (Å²) in [5.74, 6) is 1.96. The average Bonchev–Trinajstić information content (AvgIpc) is 1.67. The highest BCUT2D eigenvalue weighted by Crippen LogP contribution is 2.27. The van der Waals surface area contributed by atoms with Gasteiger partial charge in [0.1, 0.15) is 23.3 Å². The van der Waals surface area contributed by atoms with Crippen LogP contribution in [-0.2, 0) is 101 Å². The summed E-state index contributed by atoms with van der Waals surface area (Å²) in [5.41, 5.74) is 22.9. The molecule has 24 heteroatoms. The van der Waals surface area contributed by atoms with Gasteiger partial charge in [-0.1, -0.05) is 152 Å². The second-order valence-electron chi connectivity index (χ2n) is 29.2. The number of benzene rings is 8. The summed E-state index contributed by atoms with van der Waals surface area (Å²) in [7, 11) is 2.19. The van der Waals surface area contributed by atoms with Crippen LogP contribution >= 0.6 is 0 Å². The lowest BCUT2D eigenvalue weighted by atomic mass is 10.1. The number of hydrogen-bond acceptors (Lipinski definition) is 16. The normalized spacial score (nSPS) is 12.5. The minimum absolute atomic E-state index is 0.225. The maximum atomic E-state index is 11.3. The Morgan fingerprint density at radius 2 is 0.712 bits per heavy atom. The molecule has 1 saturated heterocycles. The summed E-state index contributed by atoms with van der Waals surface area (Å²) in [4.78, 5) is 69.4. The van der Waals surface area contributed by atoms with E-state index in [0.29, 0.717) is 13.2 Å². The van der Waals surface area contributed by atoms with Crippen molar-refractivity contribution in [1.29, 1.82) is 0 Å². The molecule has 1 aliphatic heterocycles. The summed E-state index contributed by atoms with van der Waals surface area (Å²) in [6, 6.07) is 65.5. The van der Waals surface area contributed by atoms with Crippen molar-refractivity contribution in [2.75, 3.05) is 53.0 Å². The Hall–Kier alpha value is -12.1. The van der Waals surface area contributed by atoms with E-state index < -0.39 is 23.6 Å². The predicted molar refractivity (Wildman–Crippen MR) is 466 cm³/mol. The molecule has 8 aromatic carbocycles. The van der Waals surface area contributed by atoms with Crippen LogP contribution in [0, 0.1) is 0 Å². The number of aromatic nitrogens is 8. The van der Waals surface area contributed by atoms with Gasteiger partial charge in [-0.3, -0.25) is 40.0 Å². The standard InChI is InChI=1S/C26H33N5O2.C24H29N3O3.C23H27N3O3.C21H21N3O2/c1-29-16-18-30(19-17-29)14-5-15-31-24-11-8-22(10-13-26(32)28-33)20-23(24)27-25(31)12-9-21-6-3-2-4-7-21;1-18(2)30-16-6-15-27-22-12-9-20(11-14-24(28)26-29)17-21(22)25-23(27)13-10-19-7-4-3-5-8-19;27-16-6-2-5-15-26-21-12-9-19(11-14-23(28)25-29)17-20(21)24-22(26)13-10-18-7-3-1-4-8-18;1-2-14-24-19-11-8-17(10-13-21(25)23-26)15-18(19)22-20(24)12-9-16-6-4-3-5-7-16/h2-4,6-8,10-11,13,20,33H,5,9,12,14-19H2,1H3,(H,28,32);3-5,7-9,11-12,14,17-18,29H,6,10,13,15-16H2,1-2H3,(H,26,28);1,3-4,7-9,11-12,14,17,27,29H,2,5-6,10,13,15-16H2,(H,25,28);2-8,10-11,13,15,26H,1,9,12,14H2,(H,23,25)/b13-10+;2*14-11+;13-10+. The first-order valence-corrected chi connectivity index (χ1v) is 40.5. The van der Waals surface area contributed by atoms with Crippen molar-refractivity contribution in [3.8, 4) is 0 Å². The number of rotatable bonds is 36. The van der Waals surface area contributed by atoms with Crippen molar-refractivity contribution in [2.24, 2.45) is 0 Å². The van der Waals surface area contributed by atoms with Crippen LogP contribution in [0.5, 0.6) is 0 Å². The van der Waals surface area contributed by atoms with E-state index in [1.165, 1.54) is 46.6 Å². The number of aliphatic hydroxyl groups is 1. The van der Waals surface area contributed by atoms with Crippen molar-refractivity contribution in [3.05, 3.63) is 299 Å². The highest BCUT2D eigenvalue weighted by molar-refractivity contribution is 5.94. The van der Waals surface area contributed by atoms with Crippen molar-refractivity contribution < 1.29 is 49.9 Å². The number of fused-ring (bicyclic) bond motifs is 4. The predicted octanol–water partition coefficient (Wildman–Crippen LogP) is 14.2. The zero-order valence-corrected chi connectivity index (χ0v) is 67.7. The molecule has 0 radical (unpaired) electrons. The molecule has 24 nitrogen and oxygen atoms in total. The van der Waals surface area contributed by atoms with E-state index in [1.54, 1.807) is 46.2 Å². The molecule has 1 aliphatic rings. The van der Waals surface area contributed by atoms with Crippen LogP contribution in [0.25, 0.3) is 68.4 Å². The molecule has 0 bridgehead atoms. The number of ether oxygens (including phenoxy) is 1. The summed E-state index contributed by atoms with van der Waals surface area (Å²) in [5, 5.41) is 43.5. The van der Waals surface area contributed by atoms with Gasteiger partial charge in [0.2, 0.25) is 0 Å². The molecule has 0 unspecified atom stereocenters. The van der Waals surface area contributed by atoms with Gasteiger partial charge in [0.25, 0.3) is 23.6 Å². The van der Waals surface area contributed by atoms with E-state index in [-0.39, 0.29) is 12.7 Å². The lowest BCUT2D eigenvalue weighted by molar-refractivity contribution is -0.124. The molecule has 4 amide bonds. The van der Waals surface area contributed by atoms with Crippen molar-refractivity contribution in [2.45, 2.75) is 130 Å². The first kappa shape index (κ1) is 88.3.